The van der Waals surface area contributed by atoms with Gasteiger partial charge in [0.25, 0.3) is 0 Å². The van der Waals surface area contributed by atoms with Crippen molar-refractivity contribution >= 4 is 11.8 Å². The van der Waals surface area contributed by atoms with Crippen LogP contribution >= 0.6 is 11.8 Å². The molecule has 90 valence electrons. The zero-order valence-electron chi connectivity index (χ0n) is 10.6. The number of hydrogen-bond acceptors (Lipinski definition) is 3. The first-order valence-corrected chi connectivity index (χ1v) is 7.19. The molecular weight excluding hydrogens is 204 g/mol. The van der Waals surface area contributed by atoms with Crippen molar-refractivity contribution in [3.8, 4) is 0 Å². The van der Waals surface area contributed by atoms with Crippen LogP contribution in [0.15, 0.2) is 0 Å². The predicted octanol–water partition coefficient (Wildman–Crippen LogP) is 2.19. The van der Waals surface area contributed by atoms with E-state index in [4.69, 9.17) is 5.73 Å². The maximum absolute atomic E-state index is 6.00. The van der Waals surface area contributed by atoms with Gasteiger partial charge in [-0.2, -0.15) is 11.8 Å². The van der Waals surface area contributed by atoms with Gasteiger partial charge in [0.15, 0.2) is 0 Å². The van der Waals surface area contributed by atoms with E-state index < -0.39 is 0 Å². The van der Waals surface area contributed by atoms with Crippen molar-refractivity contribution in [2.45, 2.75) is 45.7 Å². The van der Waals surface area contributed by atoms with E-state index in [0.717, 1.165) is 12.5 Å². The van der Waals surface area contributed by atoms with Crippen LogP contribution in [0.3, 0.4) is 0 Å². The third kappa shape index (κ3) is 3.36. The number of hydrogen-bond donors (Lipinski definition) is 1. The molecule has 1 aliphatic rings. The lowest BCUT2D eigenvalue weighted by atomic mass is 9.88. The molecule has 3 heteroatoms. The molecule has 0 amide bonds. The van der Waals surface area contributed by atoms with Gasteiger partial charge in [0.05, 0.1) is 0 Å². The van der Waals surface area contributed by atoms with Gasteiger partial charge in [-0.3, -0.25) is 4.90 Å². The molecule has 1 rings (SSSR count). The van der Waals surface area contributed by atoms with Crippen LogP contribution < -0.4 is 5.73 Å². The van der Waals surface area contributed by atoms with Crippen LogP contribution in [-0.2, 0) is 0 Å². The van der Waals surface area contributed by atoms with E-state index in [1.807, 2.05) is 0 Å². The Labute approximate surface area is 99.0 Å². The third-order valence-corrected chi connectivity index (χ3v) is 4.54. The summed E-state index contributed by atoms with van der Waals surface area (Å²) >= 11 is 2.07. The highest BCUT2D eigenvalue weighted by atomic mass is 32.2. The van der Waals surface area contributed by atoms with Crippen molar-refractivity contribution in [2.75, 3.05) is 24.6 Å². The minimum absolute atomic E-state index is 0.203. The fourth-order valence-electron chi connectivity index (χ4n) is 2.73. The molecule has 0 aliphatic carbocycles. The summed E-state index contributed by atoms with van der Waals surface area (Å²) in [5.74, 6) is 3.24. The summed E-state index contributed by atoms with van der Waals surface area (Å²) in [4.78, 5) is 2.63. The molecular formula is C12H26N2S. The topological polar surface area (TPSA) is 29.3 Å². The van der Waals surface area contributed by atoms with Crippen molar-refractivity contribution in [3.05, 3.63) is 0 Å². The predicted molar refractivity (Wildman–Crippen MR) is 70.4 cm³/mol. The molecule has 0 spiro atoms. The molecule has 1 heterocycles. The Bertz CT molecular complexity index is 196. The van der Waals surface area contributed by atoms with Gasteiger partial charge in [-0.1, -0.05) is 13.8 Å². The van der Waals surface area contributed by atoms with Crippen LogP contribution in [-0.4, -0.2) is 41.1 Å². The minimum Gasteiger partial charge on any atom is -0.329 e. The summed E-state index contributed by atoms with van der Waals surface area (Å²) < 4.78 is 0. The Balaban J connectivity index is 2.69. The minimum atomic E-state index is 0.203. The zero-order valence-corrected chi connectivity index (χ0v) is 11.4. The Morgan fingerprint density at radius 3 is 2.67 bits per heavy atom. The lowest BCUT2D eigenvalue weighted by Gasteiger charge is -2.47. The third-order valence-electron chi connectivity index (χ3n) is 3.35. The van der Waals surface area contributed by atoms with Crippen LogP contribution in [0.4, 0.5) is 0 Å². The molecule has 0 aromatic heterocycles. The monoisotopic (exact) mass is 230 g/mol. The summed E-state index contributed by atoms with van der Waals surface area (Å²) in [7, 11) is 0. The van der Waals surface area contributed by atoms with Gasteiger partial charge in [-0.15, -0.1) is 0 Å². The van der Waals surface area contributed by atoms with Gasteiger partial charge >= 0.3 is 0 Å². The quantitative estimate of drug-likeness (QED) is 0.803. The van der Waals surface area contributed by atoms with Crippen LogP contribution in [0.2, 0.25) is 0 Å². The molecule has 15 heavy (non-hydrogen) atoms. The summed E-state index contributed by atoms with van der Waals surface area (Å²) in [6.45, 7) is 11.2. The Kier molecular flexibility index (Phi) is 4.94. The molecule has 2 nitrogen and oxygen atoms in total. The molecule has 0 saturated carbocycles. The first-order chi connectivity index (χ1) is 6.99. The average molecular weight is 230 g/mol. The zero-order chi connectivity index (χ0) is 11.5. The Morgan fingerprint density at radius 1 is 1.53 bits per heavy atom. The molecule has 0 radical (unpaired) electrons. The van der Waals surface area contributed by atoms with E-state index in [1.54, 1.807) is 0 Å². The van der Waals surface area contributed by atoms with E-state index in [-0.39, 0.29) is 5.54 Å². The largest absolute Gasteiger partial charge is 0.329 e. The van der Waals surface area contributed by atoms with Crippen LogP contribution in [0.1, 0.15) is 34.1 Å². The van der Waals surface area contributed by atoms with Gasteiger partial charge in [-0.05, 0) is 26.2 Å². The van der Waals surface area contributed by atoms with Crippen molar-refractivity contribution in [3.63, 3.8) is 0 Å². The van der Waals surface area contributed by atoms with Gasteiger partial charge in [0.1, 0.15) is 0 Å². The lowest BCUT2D eigenvalue weighted by molar-refractivity contribution is 0.0637. The highest BCUT2D eigenvalue weighted by Crippen LogP contribution is 2.29. The second-order valence-electron chi connectivity index (χ2n) is 5.42. The fraction of sp³-hybridized carbons (Fsp3) is 1.00. The first kappa shape index (κ1) is 13.3. The second kappa shape index (κ2) is 5.55. The van der Waals surface area contributed by atoms with E-state index >= 15 is 0 Å². The van der Waals surface area contributed by atoms with Gasteiger partial charge in [0.2, 0.25) is 0 Å². The number of thioether (sulfide) groups is 1. The van der Waals surface area contributed by atoms with Crippen molar-refractivity contribution < 1.29 is 0 Å². The number of rotatable bonds is 4. The van der Waals surface area contributed by atoms with E-state index in [1.165, 1.54) is 24.5 Å². The smallest absolute Gasteiger partial charge is 0.0309 e. The summed E-state index contributed by atoms with van der Waals surface area (Å²) in [6, 6.07) is 0.677. The average Bonchev–Trinajstić information content (AvgIpc) is 2.17. The maximum atomic E-state index is 6.00. The number of nitrogens with zero attached hydrogens (tertiary/aromatic N) is 1. The fourth-order valence-corrected chi connectivity index (χ4v) is 3.74. The van der Waals surface area contributed by atoms with Crippen molar-refractivity contribution in [1.29, 1.82) is 0 Å². The van der Waals surface area contributed by atoms with Gasteiger partial charge < -0.3 is 5.73 Å². The summed E-state index contributed by atoms with van der Waals surface area (Å²) in [5.41, 5.74) is 6.20. The maximum Gasteiger partial charge on any atom is 0.0309 e. The highest BCUT2D eigenvalue weighted by molar-refractivity contribution is 7.99. The van der Waals surface area contributed by atoms with Crippen LogP contribution in [0.25, 0.3) is 0 Å². The first-order valence-electron chi connectivity index (χ1n) is 6.04. The molecule has 0 bridgehead atoms. The molecule has 2 N–H and O–H groups in total. The molecule has 1 aliphatic heterocycles. The van der Waals surface area contributed by atoms with Crippen LogP contribution in [0.5, 0.6) is 0 Å². The Hall–Kier alpha value is 0.270. The summed E-state index contributed by atoms with van der Waals surface area (Å²) in [6.07, 6.45) is 1.21. The molecule has 1 fully saturated rings. The summed E-state index contributed by atoms with van der Waals surface area (Å²) in [5, 5.41) is 0. The second-order valence-corrected chi connectivity index (χ2v) is 6.57. The van der Waals surface area contributed by atoms with Crippen LogP contribution in [0, 0.1) is 5.92 Å². The molecule has 0 aromatic rings. The van der Waals surface area contributed by atoms with E-state index in [2.05, 4.69) is 44.4 Å². The van der Waals surface area contributed by atoms with Crippen molar-refractivity contribution in [2.24, 2.45) is 11.7 Å². The molecule has 1 saturated heterocycles. The van der Waals surface area contributed by atoms with Gasteiger partial charge in [0, 0.05) is 36.2 Å². The highest BCUT2D eigenvalue weighted by Gasteiger charge is 2.35. The lowest BCUT2D eigenvalue weighted by Crippen LogP contribution is -2.58. The molecule has 0 aromatic carbocycles. The van der Waals surface area contributed by atoms with Crippen molar-refractivity contribution in [1.82, 2.24) is 4.90 Å². The molecule has 2 atom stereocenters. The van der Waals surface area contributed by atoms with E-state index in [0.29, 0.717) is 6.04 Å². The standard InChI is InChI=1S/C12H26N2S/c1-10(2)7-12(4,9-13)14-5-6-15-8-11(14)3/h10-11H,5-9,13H2,1-4H3. The van der Waals surface area contributed by atoms with E-state index in [9.17, 15) is 0 Å². The van der Waals surface area contributed by atoms with Gasteiger partial charge in [-0.25, -0.2) is 0 Å². The normalized spacial score (nSPS) is 28.0. The number of nitrogens with two attached hydrogens (primary N) is 1. The SMILES string of the molecule is CC(C)CC(C)(CN)N1CCSCC1C. The Morgan fingerprint density at radius 2 is 2.20 bits per heavy atom. The molecule has 2 unspecified atom stereocenters.